The second kappa shape index (κ2) is 7.42. The van der Waals surface area contributed by atoms with E-state index in [1.165, 1.54) is 57.2 Å². The molecule has 2 aliphatic rings. The Bertz CT molecular complexity index is 409. The van der Waals surface area contributed by atoms with Crippen molar-refractivity contribution in [3.8, 4) is 0 Å². The highest BCUT2D eigenvalue weighted by Crippen LogP contribution is 2.29. The molecule has 2 nitrogen and oxygen atoms in total. The van der Waals surface area contributed by atoms with Gasteiger partial charge in [-0.2, -0.15) is 0 Å². The van der Waals surface area contributed by atoms with Gasteiger partial charge in [0.05, 0.1) is 0 Å². The van der Waals surface area contributed by atoms with Crippen molar-refractivity contribution in [2.45, 2.75) is 57.5 Å². The van der Waals surface area contributed by atoms with Gasteiger partial charge in [0.1, 0.15) is 0 Å². The first-order valence-electron chi connectivity index (χ1n) is 8.88. The predicted molar refractivity (Wildman–Crippen MR) is 89.5 cm³/mol. The number of likely N-dealkylation sites (N-methyl/N-ethyl adjacent to an activating group) is 1. The number of hydrogen-bond donors (Lipinski definition) is 1. The normalized spacial score (nSPS) is 28.0. The van der Waals surface area contributed by atoms with Crippen molar-refractivity contribution in [2.24, 2.45) is 5.92 Å². The Morgan fingerprint density at radius 1 is 1.05 bits per heavy atom. The number of rotatable bonds is 5. The molecule has 1 saturated carbocycles. The van der Waals surface area contributed by atoms with Gasteiger partial charge in [-0.1, -0.05) is 43.7 Å². The van der Waals surface area contributed by atoms with Gasteiger partial charge in [-0.25, -0.2) is 0 Å². The summed E-state index contributed by atoms with van der Waals surface area (Å²) in [5.74, 6) is 0.891. The lowest BCUT2D eigenvalue weighted by Gasteiger charge is -2.38. The van der Waals surface area contributed by atoms with E-state index in [2.05, 4.69) is 47.5 Å². The predicted octanol–water partition coefficient (Wildman–Crippen LogP) is 3.47. The second-order valence-corrected chi connectivity index (χ2v) is 6.83. The zero-order valence-corrected chi connectivity index (χ0v) is 13.4. The van der Waals surface area contributed by atoms with Gasteiger partial charge in [0.15, 0.2) is 0 Å². The van der Waals surface area contributed by atoms with Crippen LogP contribution in [0.15, 0.2) is 30.3 Å². The summed E-state index contributed by atoms with van der Waals surface area (Å²) in [6.45, 7) is 5.97. The van der Waals surface area contributed by atoms with Gasteiger partial charge in [0.25, 0.3) is 0 Å². The molecule has 116 valence electrons. The zero-order valence-electron chi connectivity index (χ0n) is 13.4. The zero-order chi connectivity index (χ0) is 14.5. The summed E-state index contributed by atoms with van der Waals surface area (Å²) >= 11 is 0. The third-order valence-corrected chi connectivity index (χ3v) is 5.43. The van der Waals surface area contributed by atoms with E-state index in [1.807, 2.05) is 0 Å². The molecule has 3 rings (SSSR count). The van der Waals surface area contributed by atoms with Crippen LogP contribution in [0.25, 0.3) is 0 Å². The molecule has 2 heteroatoms. The lowest BCUT2D eigenvalue weighted by atomic mass is 9.89. The molecule has 1 aromatic carbocycles. The highest BCUT2D eigenvalue weighted by atomic mass is 15.2. The molecule has 1 heterocycles. The number of nitrogens with zero attached hydrogens (tertiary/aromatic N) is 1. The number of benzene rings is 1. The Morgan fingerprint density at radius 2 is 1.81 bits per heavy atom. The molecule has 1 N–H and O–H groups in total. The molecule has 21 heavy (non-hydrogen) atoms. The summed E-state index contributed by atoms with van der Waals surface area (Å²) in [4.78, 5) is 2.78. The minimum absolute atomic E-state index is 0.751. The lowest BCUT2D eigenvalue weighted by Crippen LogP contribution is -2.49. The van der Waals surface area contributed by atoms with Crippen molar-refractivity contribution >= 4 is 0 Å². The van der Waals surface area contributed by atoms with Crippen LogP contribution >= 0.6 is 0 Å². The molecule has 2 unspecified atom stereocenters. The monoisotopic (exact) mass is 286 g/mol. The molecule has 1 aliphatic heterocycles. The van der Waals surface area contributed by atoms with E-state index in [0.717, 1.165) is 24.5 Å². The summed E-state index contributed by atoms with van der Waals surface area (Å²) in [6, 6.07) is 12.6. The number of hydrogen-bond acceptors (Lipinski definition) is 2. The Labute approximate surface area is 129 Å². The maximum absolute atomic E-state index is 3.70. The molecule has 0 bridgehead atoms. The van der Waals surface area contributed by atoms with Crippen molar-refractivity contribution < 1.29 is 0 Å². The highest BCUT2D eigenvalue weighted by Gasteiger charge is 2.33. The lowest BCUT2D eigenvalue weighted by molar-refractivity contribution is 0.118. The average Bonchev–Trinajstić information content (AvgIpc) is 2.98. The largest absolute Gasteiger partial charge is 0.313 e. The Morgan fingerprint density at radius 3 is 2.52 bits per heavy atom. The molecule has 1 saturated heterocycles. The number of likely N-dealkylation sites (tertiary alicyclic amines) is 1. The fourth-order valence-corrected chi connectivity index (χ4v) is 4.31. The minimum atomic E-state index is 0.751. The van der Waals surface area contributed by atoms with Gasteiger partial charge in [0, 0.05) is 12.1 Å². The van der Waals surface area contributed by atoms with Gasteiger partial charge in [-0.3, -0.25) is 4.90 Å². The minimum Gasteiger partial charge on any atom is -0.313 e. The van der Waals surface area contributed by atoms with Gasteiger partial charge >= 0.3 is 0 Å². The number of nitrogens with one attached hydrogen (secondary N) is 1. The topological polar surface area (TPSA) is 15.3 Å². The first-order valence-corrected chi connectivity index (χ1v) is 8.88. The number of piperidine rings is 1. The van der Waals surface area contributed by atoms with Crippen molar-refractivity contribution in [2.75, 3.05) is 19.6 Å². The highest BCUT2D eigenvalue weighted by molar-refractivity contribution is 5.15. The average molecular weight is 286 g/mol. The summed E-state index contributed by atoms with van der Waals surface area (Å²) in [6.07, 6.45) is 8.22. The second-order valence-electron chi connectivity index (χ2n) is 6.83. The Kier molecular flexibility index (Phi) is 5.32. The van der Waals surface area contributed by atoms with Crippen LogP contribution in [0, 0.1) is 5.92 Å². The quantitative estimate of drug-likeness (QED) is 0.891. The van der Waals surface area contributed by atoms with Crippen LogP contribution in [-0.4, -0.2) is 36.6 Å². The fraction of sp³-hybridized carbons (Fsp3) is 0.684. The van der Waals surface area contributed by atoms with Crippen molar-refractivity contribution in [3.05, 3.63) is 35.9 Å². The van der Waals surface area contributed by atoms with E-state index < -0.39 is 0 Å². The molecule has 0 amide bonds. The summed E-state index contributed by atoms with van der Waals surface area (Å²) in [7, 11) is 0. The van der Waals surface area contributed by atoms with Crippen LogP contribution in [0.3, 0.4) is 0 Å². The van der Waals surface area contributed by atoms with Crippen LogP contribution in [0.1, 0.15) is 44.6 Å². The van der Waals surface area contributed by atoms with Gasteiger partial charge in [-0.05, 0) is 63.2 Å². The van der Waals surface area contributed by atoms with Gasteiger partial charge < -0.3 is 5.32 Å². The van der Waals surface area contributed by atoms with E-state index in [1.54, 1.807) is 0 Å². The Hall–Kier alpha value is -0.860. The SMILES string of the molecule is CCNC1CCCC1N1CCC(Cc2ccccc2)CC1. The van der Waals surface area contributed by atoms with Gasteiger partial charge in [-0.15, -0.1) is 0 Å². The molecule has 0 spiro atoms. The van der Waals surface area contributed by atoms with Crippen LogP contribution in [0.4, 0.5) is 0 Å². The van der Waals surface area contributed by atoms with Crippen LogP contribution in [0.2, 0.25) is 0 Å². The smallest absolute Gasteiger partial charge is 0.0249 e. The van der Waals surface area contributed by atoms with Crippen LogP contribution in [-0.2, 0) is 6.42 Å². The summed E-state index contributed by atoms with van der Waals surface area (Å²) in [5.41, 5.74) is 1.52. The first kappa shape index (κ1) is 15.1. The third kappa shape index (κ3) is 3.87. The molecule has 0 aromatic heterocycles. The molecule has 0 radical (unpaired) electrons. The maximum atomic E-state index is 3.70. The Balaban J connectivity index is 1.48. The van der Waals surface area contributed by atoms with Crippen LogP contribution < -0.4 is 5.32 Å². The molecular formula is C19H30N2. The van der Waals surface area contributed by atoms with E-state index >= 15 is 0 Å². The van der Waals surface area contributed by atoms with Gasteiger partial charge in [0.2, 0.25) is 0 Å². The van der Waals surface area contributed by atoms with E-state index in [-0.39, 0.29) is 0 Å². The molecular weight excluding hydrogens is 256 g/mol. The maximum Gasteiger partial charge on any atom is 0.0249 e. The summed E-state index contributed by atoms with van der Waals surface area (Å²) < 4.78 is 0. The molecule has 2 atom stereocenters. The van der Waals surface area contributed by atoms with Crippen molar-refractivity contribution in [3.63, 3.8) is 0 Å². The fourth-order valence-electron chi connectivity index (χ4n) is 4.31. The summed E-state index contributed by atoms with van der Waals surface area (Å²) in [5, 5.41) is 3.70. The van der Waals surface area contributed by atoms with Crippen LogP contribution in [0.5, 0.6) is 0 Å². The van der Waals surface area contributed by atoms with Crippen molar-refractivity contribution in [1.82, 2.24) is 10.2 Å². The van der Waals surface area contributed by atoms with E-state index in [9.17, 15) is 0 Å². The molecule has 1 aromatic rings. The molecule has 1 aliphatic carbocycles. The standard InChI is InChI=1S/C19H30N2/c1-2-20-18-9-6-10-19(18)21-13-11-17(12-14-21)15-16-7-4-3-5-8-16/h3-5,7-8,17-20H,2,6,9-15H2,1H3. The van der Waals surface area contributed by atoms with E-state index in [0.29, 0.717) is 0 Å². The van der Waals surface area contributed by atoms with E-state index in [4.69, 9.17) is 0 Å². The molecule has 2 fully saturated rings. The first-order chi connectivity index (χ1) is 10.4. The third-order valence-electron chi connectivity index (χ3n) is 5.43. The van der Waals surface area contributed by atoms with Crippen molar-refractivity contribution in [1.29, 1.82) is 0 Å².